The Morgan fingerprint density at radius 2 is 1.93 bits per heavy atom. The van der Waals surface area contributed by atoms with E-state index < -0.39 is 6.36 Å². The zero-order chi connectivity index (χ0) is 19.6. The van der Waals surface area contributed by atoms with Crippen molar-refractivity contribution in [1.29, 1.82) is 0 Å². The fraction of sp³-hybridized carbons (Fsp3) is 0.278. The van der Waals surface area contributed by atoms with Crippen molar-refractivity contribution in [2.75, 3.05) is 12.9 Å². The first kappa shape index (κ1) is 19.2. The van der Waals surface area contributed by atoms with E-state index in [2.05, 4.69) is 4.74 Å². The number of phenolic OH excluding ortho intramolecular Hbond substituents is 1. The quantitative estimate of drug-likeness (QED) is 0.821. The average molecular weight is 399 g/mol. The summed E-state index contributed by atoms with van der Waals surface area (Å²) in [6, 6.07) is 10.1. The lowest BCUT2D eigenvalue weighted by Crippen LogP contribution is -2.27. The van der Waals surface area contributed by atoms with Crippen molar-refractivity contribution >= 4 is 17.7 Å². The summed E-state index contributed by atoms with van der Waals surface area (Å²) in [5.74, 6) is 0.392. The van der Waals surface area contributed by atoms with Gasteiger partial charge in [0.25, 0.3) is 0 Å². The number of ether oxygens (including phenoxy) is 2. The molecular weight excluding hydrogens is 383 g/mol. The summed E-state index contributed by atoms with van der Waals surface area (Å²) in [6.07, 6.45) is -4.75. The summed E-state index contributed by atoms with van der Waals surface area (Å²) in [7, 11) is 1.48. The molecule has 1 aliphatic heterocycles. The van der Waals surface area contributed by atoms with E-state index in [1.165, 1.54) is 55.3 Å². The molecule has 0 spiro atoms. The first-order valence-corrected chi connectivity index (χ1v) is 8.94. The number of amides is 1. The van der Waals surface area contributed by atoms with Gasteiger partial charge in [-0.15, -0.1) is 24.9 Å². The number of phenols is 1. The van der Waals surface area contributed by atoms with Crippen LogP contribution in [-0.4, -0.2) is 35.1 Å². The highest BCUT2D eigenvalue weighted by Gasteiger charge is 2.35. The molecule has 27 heavy (non-hydrogen) atoms. The SMILES string of the molecule is COc1cc(O)ccc1C1SCC(=O)N1Cc1ccc(OC(F)(F)F)cc1. The Hall–Kier alpha value is -2.55. The minimum Gasteiger partial charge on any atom is -0.508 e. The van der Waals surface area contributed by atoms with Gasteiger partial charge in [-0.25, -0.2) is 0 Å². The Kier molecular flexibility index (Phi) is 5.41. The normalized spacial score (nSPS) is 17.3. The average Bonchev–Trinajstić information content (AvgIpc) is 2.96. The van der Waals surface area contributed by atoms with Gasteiger partial charge in [-0.3, -0.25) is 4.79 Å². The van der Waals surface area contributed by atoms with Crippen molar-refractivity contribution in [3.8, 4) is 17.2 Å². The second kappa shape index (κ2) is 7.59. The molecule has 0 radical (unpaired) electrons. The Morgan fingerprint density at radius 3 is 2.56 bits per heavy atom. The zero-order valence-corrected chi connectivity index (χ0v) is 15.0. The summed E-state index contributed by atoms with van der Waals surface area (Å²) >= 11 is 1.42. The van der Waals surface area contributed by atoms with E-state index in [0.717, 1.165) is 5.56 Å². The van der Waals surface area contributed by atoms with Gasteiger partial charge in [0.2, 0.25) is 5.91 Å². The molecule has 0 aromatic heterocycles. The van der Waals surface area contributed by atoms with Crippen LogP contribution in [0.15, 0.2) is 42.5 Å². The molecule has 1 saturated heterocycles. The van der Waals surface area contributed by atoms with Crippen molar-refractivity contribution in [2.45, 2.75) is 18.3 Å². The van der Waals surface area contributed by atoms with Crippen LogP contribution in [0.3, 0.4) is 0 Å². The fourth-order valence-electron chi connectivity index (χ4n) is 2.78. The summed E-state index contributed by atoms with van der Waals surface area (Å²) in [5.41, 5.74) is 1.41. The van der Waals surface area contributed by atoms with E-state index >= 15 is 0 Å². The monoisotopic (exact) mass is 399 g/mol. The number of methoxy groups -OCH3 is 1. The standard InChI is InChI=1S/C18H16F3NO4S/c1-25-15-8-12(23)4-7-14(15)17-22(16(24)10-27-17)9-11-2-5-13(6-3-11)26-18(19,20)21/h2-8,17,23H,9-10H2,1H3. The van der Waals surface area contributed by atoms with Gasteiger partial charge < -0.3 is 19.5 Å². The number of benzene rings is 2. The van der Waals surface area contributed by atoms with E-state index in [4.69, 9.17) is 4.74 Å². The van der Waals surface area contributed by atoms with Gasteiger partial charge in [0.15, 0.2) is 0 Å². The highest BCUT2D eigenvalue weighted by molar-refractivity contribution is 8.00. The van der Waals surface area contributed by atoms with Crippen molar-refractivity contribution in [3.05, 3.63) is 53.6 Å². The van der Waals surface area contributed by atoms with Gasteiger partial charge in [-0.1, -0.05) is 12.1 Å². The third kappa shape index (κ3) is 4.60. The van der Waals surface area contributed by atoms with Crippen LogP contribution in [0.1, 0.15) is 16.5 Å². The molecule has 1 aliphatic rings. The van der Waals surface area contributed by atoms with Gasteiger partial charge in [0, 0.05) is 18.2 Å². The van der Waals surface area contributed by atoms with Crippen LogP contribution >= 0.6 is 11.8 Å². The van der Waals surface area contributed by atoms with Crippen LogP contribution in [0, 0.1) is 0 Å². The van der Waals surface area contributed by atoms with E-state index in [0.29, 0.717) is 11.3 Å². The highest BCUT2D eigenvalue weighted by Crippen LogP contribution is 2.44. The molecule has 2 aromatic carbocycles. The first-order chi connectivity index (χ1) is 12.8. The number of hydrogen-bond acceptors (Lipinski definition) is 5. The predicted octanol–water partition coefficient (Wildman–Crippen LogP) is 4.07. The maximum Gasteiger partial charge on any atom is 0.573 e. The molecule has 1 amide bonds. The number of rotatable bonds is 5. The number of aromatic hydroxyl groups is 1. The van der Waals surface area contributed by atoms with Crippen molar-refractivity contribution < 1.29 is 32.5 Å². The summed E-state index contributed by atoms with van der Waals surface area (Å²) in [4.78, 5) is 13.9. The number of thioether (sulfide) groups is 1. The van der Waals surface area contributed by atoms with Crippen LogP contribution in [0.25, 0.3) is 0 Å². The number of hydrogen-bond donors (Lipinski definition) is 1. The number of carbonyl (C=O) groups excluding carboxylic acids is 1. The third-order valence-electron chi connectivity index (χ3n) is 3.96. The van der Waals surface area contributed by atoms with E-state index in [9.17, 15) is 23.1 Å². The van der Waals surface area contributed by atoms with Crippen LogP contribution in [0.5, 0.6) is 17.2 Å². The second-order valence-corrected chi connectivity index (χ2v) is 6.87. The zero-order valence-electron chi connectivity index (χ0n) is 14.2. The Morgan fingerprint density at radius 1 is 1.22 bits per heavy atom. The van der Waals surface area contributed by atoms with Crippen molar-refractivity contribution in [3.63, 3.8) is 0 Å². The van der Waals surface area contributed by atoms with Gasteiger partial charge in [-0.2, -0.15) is 0 Å². The lowest BCUT2D eigenvalue weighted by Gasteiger charge is -2.25. The van der Waals surface area contributed by atoms with E-state index in [1.54, 1.807) is 11.0 Å². The van der Waals surface area contributed by atoms with E-state index in [1.807, 2.05) is 0 Å². The smallest absolute Gasteiger partial charge is 0.508 e. The van der Waals surface area contributed by atoms with Crippen molar-refractivity contribution in [1.82, 2.24) is 4.90 Å². The number of halogens is 3. The largest absolute Gasteiger partial charge is 0.573 e. The molecule has 1 atom stereocenters. The fourth-order valence-corrected chi connectivity index (χ4v) is 3.99. The van der Waals surface area contributed by atoms with Crippen LogP contribution in [0.4, 0.5) is 13.2 Å². The summed E-state index contributed by atoms with van der Waals surface area (Å²) in [5, 5.41) is 9.29. The molecule has 3 rings (SSSR count). The topological polar surface area (TPSA) is 59.0 Å². The van der Waals surface area contributed by atoms with Gasteiger partial charge in [0.1, 0.15) is 22.6 Å². The predicted molar refractivity (Wildman–Crippen MR) is 93.5 cm³/mol. The molecule has 2 aromatic rings. The van der Waals surface area contributed by atoms with Crippen LogP contribution in [0.2, 0.25) is 0 Å². The molecule has 9 heteroatoms. The maximum absolute atomic E-state index is 12.3. The Labute approximate surface area is 157 Å². The lowest BCUT2D eigenvalue weighted by molar-refractivity contribution is -0.274. The van der Waals surface area contributed by atoms with Gasteiger partial charge in [0.05, 0.1) is 12.9 Å². The molecule has 5 nitrogen and oxygen atoms in total. The first-order valence-electron chi connectivity index (χ1n) is 7.89. The third-order valence-corrected chi connectivity index (χ3v) is 5.20. The maximum atomic E-state index is 12.3. The Balaban J connectivity index is 1.79. The molecule has 1 fully saturated rings. The molecule has 0 bridgehead atoms. The summed E-state index contributed by atoms with van der Waals surface area (Å²) in [6.45, 7) is 0.229. The molecule has 1 N–H and O–H groups in total. The minimum absolute atomic E-state index is 0.0525. The van der Waals surface area contributed by atoms with Crippen LogP contribution < -0.4 is 9.47 Å². The van der Waals surface area contributed by atoms with Crippen LogP contribution in [-0.2, 0) is 11.3 Å². The number of carbonyl (C=O) groups is 1. The molecule has 0 saturated carbocycles. The Bertz CT molecular complexity index is 826. The lowest BCUT2D eigenvalue weighted by atomic mass is 10.1. The van der Waals surface area contributed by atoms with Gasteiger partial charge in [-0.05, 0) is 29.8 Å². The molecular formula is C18H16F3NO4S. The molecule has 0 aliphatic carbocycles. The second-order valence-electron chi connectivity index (χ2n) is 5.80. The molecule has 144 valence electrons. The minimum atomic E-state index is -4.75. The van der Waals surface area contributed by atoms with Gasteiger partial charge >= 0.3 is 6.36 Å². The van der Waals surface area contributed by atoms with Crippen molar-refractivity contribution in [2.24, 2.45) is 0 Å². The summed E-state index contributed by atoms with van der Waals surface area (Å²) < 4.78 is 45.9. The number of alkyl halides is 3. The van der Waals surface area contributed by atoms with E-state index in [-0.39, 0.29) is 35.1 Å². The number of nitrogens with zero attached hydrogens (tertiary/aromatic N) is 1. The molecule has 1 unspecified atom stereocenters. The molecule has 1 heterocycles. The highest BCUT2D eigenvalue weighted by atomic mass is 32.2.